The second kappa shape index (κ2) is 30.8. The lowest BCUT2D eigenvalue weighted by Gasteiger charge is -2.11. The van der Waals surface area contributed by atoms with E-state index in [1.165, 1.54) is 43.2 Å². The zero-order valence-electron chi connectivity index (χ0n) is 65.7. The summed E-state index contributed by atoms with van der Waals surface area (Å²) in [5.41, 5.74) is 19.9. The molecule has 428 valence electrons. The number of pyridine rings is 5. The van der Waals surface area contributed by atoms with Crippen molar-refractivity contribution in [2.24, 2.45) is 35.2 Å². The summed E-state index contributed by atoms with van der Waals surface area (Å²) in [6, 6.07) is 59.3. The van der Waals surface area contributed by atoms with Crippen molar-refractivity contribution in [2.45, 2.75) is 120 Å². The largest absolute Gasteiger partial charge is 0.215 e. The van der Waals surface area contributed by atoms with Crippen molar-refractivity contribution in [3.8, 4) is 56.3 Å². The number of aryl methyl sites for hydroxylation is 12. The van der Waals surface area contributed by atoms with Crippen LogP contribution in [0, 0.1) is 34.6 Å². The molecule has 5 heteroatoms. The van der Waals surface area contributed by atoms with Gasteiger partial charge in [-0.2, -0.15) is 0 Å². The summed E-state index contributed by atoms with van der Waals surface area (Å²) in [5, 5.41) is 0. The molecular weight excluding hydrogens is 1010 g/mol. The van der Waals surface area contributed by atoms with Gasteiger partial charge in [0.05, 0.1) is 0 Å². The minimum atomic E-state index is -2.39. The van der Waals surface area contributed by atoms with Gasteiger partial charge in [-0.15, -0.1) is 0 Å². The molecule has 0 radical (unpaired) electrons. The highest BCUT2D eigenvalue weighted by atomic mass is 14.9. The zero-order chi connectivity index (χ0) is 72.4. The molecule has 0 fully saturated rings. The van der Waals surface area contributed by atoms with Crippen LogP contribution in [0.3, 0.4) is 0 Å². The van der Waals surface area contributed by atoms with Gasteiger partial charge >= 0.3 is 0 Å². The second-order valence-electron chi connectivity index (χ2n) is 21.2. The van der Waals surface area contributed by atoms with Crippen LogP contribution in [0.2, 0.25) is 0 Å². The van der Waals surface area contributed by atoms with Gasteiger partial charge in [-0.05, 0) is 153 Å². The molecule has 0 aliphatic carbocycles. The molecule has 5 aromatic heterocycles. The number of rotatable bonds is 10. The molecule has 0 N–H and O–H groups in total. The third-order valence-electron chi connectivity index (χ3n) is 14.9. The van der Waals surface area contributed by atoms with Gasteiger partial charge in [0.2, 0.25) is 28.5 Å². The SMILES string of the molecule is CCc1cc[n+](C)c(-c2ccccc2C)c1.[2H]C([2H])(C)c1ccc[n+](C)c1-c1ccccc1C.[2H]C([2H])([2H])C([2H])(C)c1cc[n+](C)c(-c2ccccc2C)c1.[2H]C([2H])([2H])C([2H])(C)c1ccc(-c2ccccc2C)[n+](C)c1.[2H]C([2H])([2H])C([2H])(C)c1ccc[n+](C)c1-c1ccccc1C. The Morgan fingerprint density at radius 3 is 1.28 bits per heavy atom. The number of aromatic nitrogens is 5. The molecule has 0 aliphatic rings. The third kappa shape index (κ3) is 17.0. The first-order valence-corrected chi connectivity index (χ1v) is 28.4. The summed E-state index contributed by atoms with van der Waals surface area (Å²) in [6.07, 6.45) is 9.26. The normalized spacial score (nSPS) is 15.9. The number of benzene rings is 5. The lowest BCUT2D eigenvalue weighted by Crippen LogP contribution is -2.32. The highest BCUT2D eigenvalue weighted by Crippen LogP contribution is 2.29. The van der Waals surface area contributed by atoms with E-state index in [1.807, 2.05) is 201 Å². The fourth-order valence-electron chi connectivity index (χ4n) is 9.94. The molecule has 3 atom stereocenters. The molecule has 0 aliphatic heterocycles. The van der Waals surface area contributed by atoms with Crippen LogP contribution in [0.5, 0.6) is 0 Å². The van der Waals surface area contributed by atoms with E-state index in [1.54, 1.807) is 37.4 Å². The Kier molecular flexibility index (Phi) is 17.2. The first kappa shape index (κ1) is 46.3. The Balaban J connectivity index is 0.000000192. The van der Waals surface area contributed by atoms with E-state index in [9.17, 15) is 0 Å². The summed E-state index contributed by atoms with van der Waals surface area (Å²) in [6.45, 7) is 11.3. The van der Waals surface area contributed by atoms with E-state index in [0.717, 1.165) is 79.3 Å². The predicted molar refractivity (Wildman–Crippen MR) is 350 cm³/mol. The van der Waals surface area contributed by atoms with Gasteiger partial charge in [0, 0.05) is 106 Å². The van der Waals surface area contributed by atoms with Crippen molar-refractivity contribution in [3.63, 3.8) is 0 Å². The monoisotopic (exact) mass is 1120 g/mol. The van der Waals surface area contributed by atoms with Crippen molar-refractivity contribution < 1.29 is 42.0 Å². The Hall–Kier alpha value is -8.15. The molecule has 5 aromatic carbocycles. The van der Waals surface area contributed by atoms with Crippen molar-refractivity contribution in [2.75, 3.05) is 0 Å². The van der Waals surface area contributed by atoms with Gasteiger partial charge in [0.25, 0.3) is 0 Å². The van der Waals surface area contributed by atoms with Crippen molar-refractivity contribution in [1.82, 2.24) is 0 Å². The van der Waals surface area contributed by atoms with Crippen LogP contribution in [0.4, 0.5) is 0 Å². The molecule has 10 rings (SSSR count). The van der Waals surface area contributed by atoms with Crippen molar-refractivity contribution in [3.05, 3.63) is 269 Å². The molecule has 0 saturated carbocycles. The smallest absolute Gasteiger partial charge is 0.201 e. The molecular formula is C78H96N5+5. The van der Waals surface area contributed by atoms with Gasteiger partial charge in [-0.25, -0.2) is 22.8 Å². The van der Waals surface area contributed by atoms with E-state index < -0.39 is 44.6 Å². The molecule has 0 amide bonds. The fourth-order valence-corrected chi connectivity index (χ4v) is 9.94. The average molecular weight is 1120 g/mol. The maximum atomic E-state index is 8.40. The first-order valence-electron chi connectivity index (χ1n) is 35.4. The lowest BCUT2D eigenvalue weighted by atomic mass is 9.94. The van der Waals surface area contributed by atoms with Crippen LogP contribution in [-0.4, -0.2) is 0 Å². The van der Waals surface area contributed by atoms with Gasteiger partial charge in [-0.1, -0.05) is 146 Å². The Morgan fingerprint density at radius 1 is 0.386 bits per heavy atom. The molecule has 0 spiro atoms. The zero-order valence-corrected chi connectivity index (χ0v) is 51.7. The minimum absolute atomic E-state index is 0.488. The molecule has 5 nitrogen and oxygen atoms in total. The molecule has 0 saturated heterocycles. The van der Waals surface area contributed by atoms with Crippen LogP contribution >= 0.6 is 0 Å². The fraction of sp³-hybridized carbons (Fsp3) is 0.295. The van der Waals surface area contributed by atoms with Crippen LogP contribution in [0.15, 0.2) is 213 Å². The topological polar surface area (TPSA) is 19.4 Å². The van der Waals surface area contributed by atoms with Crippen LogP contribution < -0.4 is 22.8 Å². The summed E-state index contributed by atoms with van der Waals surface area (Å²) in [5.74, 6) is -4.91. The van der Waals surface area contributed by atoms with Gasteiger partial charge in [0.15, 0.2) is 31.0 Å². The van der Waals surface area contributed by atoms with Crippen molar-refractivity contribution in [1.29, 1.82) is 0 Å². The summed E-state index contributed by atoms with van der Waals surface area (Å²) >= 11 is 0. The summed E-state index contributed by atoms with van der Waals surface area (Å²) < 4.78 is 119. The maximum absolute atomic E-state index is 8.40. The number of hydrogen-bond donors (Lipinski definition) is 0. The minimum Gasteiger partial charge on any atom is -0.201 e. The Morgan fingerprint density at radius 2 is 0.807 bits per heavy atom. The molecule has 5 heterocycles. The van der Waals surface area contributed by atoms with Crippen molar-refractivity contribution >= 4 is 0 Å². The molecule has 83 heavy (non-hydrogen) atoms. The van der Waals surface area contributed by atoms with Crippen LogP contribution in [0.25, 0.3) is 56.3 Å². The number of nitrogens with zero attached hydrogens (tertiary/aromatic N) is 5. The highest BCUT2D eigenvalue weighted by molar-refractivity contribution is 5.66. The Labute approximate surface area is 520 Å². The average Bonchev–Trinajstić information content (AvgIpc) is 0.777. The van der Waals surface area contributed by atoms with Gasteiger partial charge in [0.1, 0.15) is 35.2 Å². The van der Waals surface area contributed by atoms with E-state index in [-0.39, 0.29) is 0 Å². The maximum Gasteiger partial charge on any atom is 0.215 e. The van der Waals surface area contributed by atoms with E-state index in [2.05, 4.69) is 81.0 Å². The second-order valence-corrected chi connectivity index (χ2v) is 21.2. The highest BCUT2D eigenvalue weighted by Gasteiger charge is 2.21. The third-order valence-corrected chi connectivity index (χ3v) is 14.9. The Bertz CT molecular complexity index is 4330. The lowest BCUT2D eigenvalue weighted by molar-refractivity contribution is -0.661. The van der Waals surface area contributed by atoms with Gasteiger partial charge in [-0.3, -0.25) is 0 Å². The van der Waals surface area contributed by atoms with Crippen LogP contribution in [0.1, 0.15) is 148 Å². The summed E-state index contributed by atoms with van der Waals surface area (Å²) in [7, 11) is 9.72. The van der Waals surface area contributed by atoms with E-state index in [4.69, 9.17) is 19.2 Å². The van der Waals surface area contributed by atoms with E-state index in [0.29, 0.717) is 16.7 Å². The van der Waals surface area contributed by atoms with Gasteiger partial charge < -0.3 is 0 Å². The first-order chi connectivity index (χ1) is 45.1. The predicted octanol–water partition coefficient (Wildman–Crippen LogP) is 16.9. The molecule has 3 unspecified atom stereocenters. The standard InChI is InChI=1S/3C16H20N.2C15H18N/c1-12(2)14-10-7-11-17(4)16(14)15-9-6-5-8-13(15)3;1-12(2)14-9-10-17(4)16(11-14)15-8-6-5-7-13(15)3;1-12(2)14-9-10-16(17(4)11-14)15-8-6-5-7-13(15)3;1-4-13-9-7-11-16(3)15(13)14-10-6-5-8-12(14)2;1-4-13-9-10-16(3)15(11-13)14-8-6-5-7-12(14)2/h3*5-12H,1-4H3;2*5-11H,4H2,1-3H3/q5*+1/i3*1D3,12D;4D2;. The summed E-state index contributed by atoms with van der Waals surface area (Å²) in [4.78, 5) is 0. The molecule has 10 aromatic rings. The number of hydrogen-bond acceptors (Lipinski definition) is 0. The van der Waals surface area contributed by atoms with Crippen LogP contribution in [-0.2, 0) is 48.0 Å². The van der Waals surface area contributed by atoms with E-state index >= 15 is 0 Å². The molecule has 0 bridgehead atoms. The quantitative estimate of drug-likeness (QED) is 0.122.